The van der Waals surface area contributed by atoms with Gasteiger partial charge in [0.15, 0.2) is 0 Å². The van der Waals surface area contributed by atoms with Crippen molar-refractivity contribution < 1.29 is 0 Å². The minimum atomic E-state index is 0.715. The summed E-state index contributed by atoms with van der Waals surface area (Å²) in [5.41, 5.74) is 8.20. The molecule has 0 aliphatic carbocycles. The quantitative estimate of drug-likeness (QED) is 0.861. The van der Waals surface area contributed by atoms with Crippen LogP contribution >= 0.6 is 11.3 Å². The van der Waals surface area contributed by atoms with Crippen molar-refractivity contribution in [3.63, 3.8) is 0 Å². The van der Waals surface area contributed by atoms with Crippen molar-refractivity contribution in [1.29, 1.82) is 0 Å². The zero-order chi connectivity index (χ0) is 10.8. The van der Waals surface area contributed by atoms with E-state index in [9.17, 15) is 0 Å². The van der Waals surface area contributed by atoms with E-state index >= 15 is 0 Å². The highest BCUT2D eigenvalue weighted by Gasteiger charge is 2.06. The van der Waals surface area contributed by atoms with Gasteiger partial charge in [-0.2, -0.15) is 0 Å². The maximum absolute atomic E-state index is 5.57. The van der Waals surface area contributed by atoms with E-state index in [-0.39, 0.29) is 0 Å². The molecule has 0 aliphatic heterocycles. The molecule has 0 bridgehead atoms. The number of rotatable bonds is 3. The fraction of sp³-hybridized carbons (Fsp3) is 0.333. The molecule has 2 N–H and O–H groups in total. The molecular formula is C12H16N2S. The number of hydrogen-bond acceptors (Lipinski definition) is 3. The van der Waals surface area contributed by atoms with Gasteiger partial charge in [0.1, 0.15) is 0 Å². The molecule has 0 amide bonds. The summed E-state index contributed by atoms with van der Waals surface area (Å²) >= 11 is 1.80. The zero-order valence-corrected chi connectivity index (χ0v) is 9.97. The molecule has 2 nitrogen and oxygen atoms in total. The third-order valence-corrected chi connectivity index (χ3v) is 3.48. The van der Waals surface area contributed by atoms with Crippen molar-refractivity contribution >= 4 is 27.1 Å². The zero-order valence-electron chi connectivity index (χ0n) is 9.16. The normalized spacial score (nSPS) is 10.9. The third-order valence-electron chi connectivity index (χ3n) is 2.53. The SMILES string of the molecule is CN(C)c1csc2ccc(CCN)cc12. The first-order chi connectivity index (χ1) is 7.22. The van der Waals surface area contributed by atoms with E-state index in [0.717, 1.165) is 6.42 Å². The Morgan fingerprint density at radius 2 is 2.13 bits per heavy atom. The largest absolute Gasteiger partial charge is 0.376 e. The second kappa shape index (κ2) is 4.21. The molecule has 1 aromatic heterocycles. The van der Waals surface area contributed by atoms with Crippen molar-refractivity contribution in [3.8, 4) is 0 Å². The van der Waals surface area contributed by atoms with Crippen LogP contribution in [0.4, 0.5) is 5.69 Å². The molecule has 0 aliphatic rings. The molecule has 1 aromatic carbocycles. The third kappa shape index (κ3) is 1.98. The van der Waals surface area contributed by atoms with Crippen LogP contribution in [-0.2, 0) is 6.42 Å². The number of benzene rings is 1. The van der Waals surface area contributed by atoms with Crippen LogP contribution < -0.4 is 10.6 Å². The Balaban J connectivity index is 2.51. The Labute approximate surface area is 94.3 Å². The summed E-state index contributed by atoms with van der Waals surface area (Å²) in [6, 6.07) is 6.62. The molecule has 2 aromatic rings. The van der Waals surface area contributed by atoms with E-state index in [1.807, 2.05) is 0 Å². The fourth-order valence-corrected chi connectivity index (χ4v) is 2.74. The Kier molecular flexibility index (Phi) is 2.93. The topological polar surface area (TPSA) is 29.3 Å². The minimum Gasteiger partial charge on any atom is -0.376 e. The summed E-state index contributed by atoms with van der Waals surface area (Å²) in [5.74, 6) is 0. The van der Waals surface area contributed by atoms with E-state index in [2.05, 4.69) is 42.6 Å². The maximum atomic E-state index is 5.57. The van der Waals surface area contributed by atoms with Gasteiger partial charge in [-0.1, -0.05) is 6.07 Å². The van der Waals surface area contributed by atoms with Crippen LogP contribution in [0.15, 0.2) is 23.6 Å². The number of anilines is 1. The Hall–Kier alpha value is -1.06. The average molecular weight is 220 g/mol. The molecule has 80 valence electrons. The van der Waals surface area contributed by atoms with Gasteiger partial charge in [0.25, 0.3) is 0 Å². The second-order valence-corrected chi connectivity index (χ2v) is 4.80. The van der Waals surface area contributed by atoms with Gasteiger partial charge < -0.3 is 10.6 Å². The highest BCUT2D eigenvalue weighted by Crippen LogP contribution is 2.32. The van der Waals surface area contributed by atoms with Crippen molar-refractivity contribution in [3.05, 3.63) is 29.1 Å². The maximum Gasteiger partial charge on any atom is 0.0549 e. The molecule has 1 heterocycles. The molecule has 0 saturated heterocycles. The van der Waals surface area contributed by atoms with E-state index < -0.39 is 0 Å². The molecule has 0 atom stereocenters. The van der Waals surface area contributed by atoms with Crippen LogP contribution in [0, 0.1) is 0 Å². The fourth-order valence-electron chi connectivity index (χ4n) is 1.73. The highest BCUT2D eigenvalue weighted by atomic mass is 32.1. The minimum absolute atomic E-state index is 0.715. The van der Waals surface area contributed by atoms with Gasteiger partial charge in [-0.15, -0.1) is 11.3 Å². The van der Waals surface area contributed by atoms with Crippen LogP contribution in [0.5, 0.6) is 0 Å². The number of thiophene rings is 1. The molecular weight excluding hydrogens is 204 g/mol. The number of hydrogen-bond donors (Lipinski definition) is 1. The lowest BCUT2D eigenvalue weighted by atomic mass is 10.1. The predicted octanol–water partition coefficient (Wildman–Crippen LogP) is 2.47. The lowest BCUT2D eigenvalue weighted by molar-refractivity contribution is 0.971. The standard InChI is InChI=1S/C12H16N2S/c1-14(2)11-8-15-12-4-3-9(5-6-13)7-10(11)12/h3-4,7-8H,5-6,13H2,1-2H3. The van der Waals surface area contributed by atoms with Crippen molar-refractivity contribution in [2.45, 2.75) is 6.42 Å². The molecule has 0 unspecified atom stereocenters. The molecule has 0 spiro atoms. The molecule has 0 radical (unpaired) electrons. The summed E-state index contributed by atoms with van der Waals surface area (Å²) in [6.07, 6.45) is 0.957. The number of fused-ring (bicyclic) bond motifs is 1. The van der Waals surface area contributed by atoms with Gasteiger partial charge in [0.05, 0.1) is 5.69 Å². The van der Waals surface area contributed by atoms with Crippen molar-refractivity contribution in [2.75, 3.05) is 25.5 Å². The van der Waals surface area contributed by atoms with Gasteiger partial charge in [-0.3, -0.25) is 0 Å². The van der Waals surface area contributed by atoms with Crippen LogP contribution in [0.1, 0.15) is 5.56 Å². The summed E-state index contributed by atoms with van der Waals surface area (Å²) in [5, 5.41) is 3.55. The van der Waals surface area contributed by atoms with E-state index in [1.54, 1.807) is 11.3 Å². The van der Waals surface area contributed by atoms with Gasteiger partial charge in [-0.25, -0.2) is 0 Å². The lowest BCUT2D eigenvalue weighted by Crippen LogP contribution is -2.07. The van der Waals surface area contributed by atoms with Crippen molar-refractivity contribution in [2.24, 2.45) is 5.73 Å². The predicted molar refractivity (Wildman–Crippen MR) is 68.9 cm³/mol. The van der Waals surface area contributed by atoms with Crippen LogP contribution in [0.3, 0.4) is 0 Å². The van der Waals surface area contributed by atoms with Crippen LogP contribution in [0.25, 0.3) is 10.1 Å². The number of nitrogens with zero attached hydrogens (tertiary/aromatic N) is 1. The monoisotopic (exact) mass is 220 g/mol. The summed E-state index contributed by atoms with van der Waals surface area (Å²) < 4.78 is 1.35. The summed E-state index contributed by atoms with van der Waals surface area (Å²) in [6.45, 7) is 0.715. The van der Waals surface area contributed by atoms with E-state index in [4.69, 9.17) is 5.73 Å². The van der Waals surface area contributed by atoms with Gasteiger partial charge in [-0.05, 0) is 30.7 Å². The molecule has 3 heteroatoms. The first kappa shape index (κ1) is 10.5. The van der Waals surface area contributed by atoms with Gasteiger partial charge >= 0.3 is 0 Å². The van der Waals surface area contributed by atoms with E-state index in [0.29, 0.717) is 6.54 Å². The van der Waals surface area contributed by atoms with Crippen LogP contribution in [0.2, 0.25) is 0 Å². The van der Waals surface area contributed by atoms with Crippen LogP contribution in [-0.4, -0.2) is 20.6 Å². The summed E-state index contributed by atoms with van der Waals surface area (Å²) in [7, 11) is 4.16. The molecule has 0 saturated carbocycles. The highest BCUT2D eigenvalue weighted by molar-refractivity contribution is 7.17. The number of nitrogens with two attached hydrogens (primary N) is 1. The molecule has 15 heavy (non-hydrogen) atoms. The van der Waals surface area contributed by atoms with Gasteiger partial charge in [0.2, 0.25) is 0 Å². The van der Waals surface area contributed by atoms with E-state index in [1.165, 1.54) is 21.3 Å². The summed E-state index contributed by atoms with van der Waals surface area (Å²) in [4.78, 5) is 2.16. The Bertz CT molecular complexity index is 460. The molecule has 0 fully saturated rings. The Morgan fingerprint density at radius 1 is 1.33 bits per heavy atom. The second-order valence-electron chi connectivity index (χ2n) is 3.88. The smallest absolute Gasteiger partial charge is 0.0549 e. The first-order valence-corrected chi connectivity index (χ1v) is 5.98. The van der Waals surface area contributed by atoms with Crippen molar-refractivity contribution in [1.82, 2.24) is 0 Å². The Morgan fingerprint density at radius 3 is 2.80 bits per heavy atom. The first-order valence-electron chi connectivity index (χ1n) is 5.10. The van der Waals surface area contributed by atoms with Gasteiger partial charge in [0, 0.05) is 29.6 Å². The lowest BCUT2D eigenvalue weighted by Gasteiger charge is -2.10. The molecule has 2 rings (SSSR count). The average Bonchev–Trinajstić information content (AvgIpc) is 2.61.